The van der Waals surface area contributed by atoms with Gasteiger partial charge in [-0.05, 0) is 12.8 Å². The van der Waals surface area contributed by atoms with Crippen molar-refractivity contribution < 1.29 is 19.5 Å². The van der Waals surface area contributed by atoms with Crippen LogP contribution in [0.1, 0.15) is 20.8 Å². The SMILES string of the molecule is CC1NC(=O)C(CO)NC(=O)[C@H](C(C)C)NC1=O. The molecule has 0 spiro atoms. The predicted octanol–water partition coefficient (Wildman–Crippen LogP) is -1.88. The molecule has 0 aromatic heterocycles. The molecule has 0 radical (unpaired) electrons. The highest BCUT2D eigenvalue weighted by Gasteiger charge is 2.32. The first-order valence-corrected chi connectivity index (χ1v) is 5.88. The van der Waals surface area contributed by atoms with Crippen LogP contribution < -0.4 is 16.0 Å². The van der Waals surface area contributed by atoms with E-state index in [0.29, 0.717) is 0 Å². The molecule has 1 fully saturated rings. The Morgan fingerprint density at radius 1 is 1.06 bits per heavy atom. The highest BCUT2D eigenvalue weighted by Crippen LogP contribution is 2.05. The Morgan fingerprint density at radius 3 is 2.17 bits per heavy atom. The lowest BCUT2D eigenvalue weighted by Gasteiger charge is -2.22. The molecule has 1 rings (SSSR count). The topological polar surface area (TPSA) is 108 Å². The average molecular weight is 257 g/mol. The largest absolute Gasteiger partial charge is 0.394 e. The van der Waals surface area contributed by atoms with E-state index < -0.39 is 42.5 Å². The van der Waals surface area contributed by atoms with E-state index in [1.807, 2.05) is 0 Å². The quantitative estimate of drug-likeness (QED) is 0.464. The summed E-state index contributed by atoms with van der Waals surface area (Å²) in [4.78, 5) is 35.3. The van der Waals surface area contributed by atoms with E-state index in [-0.39, 0.29) is 5.92 Å². The second-order valence-corrected chi connectivity index (χ2v) is 4.70. The molecule has 3 amide bonds. The molecule has 1 aliphatic heterocycles. The van der Waals surface area contributed by atoms with E-state index in [2.05, 4.69) is 16.0 Å². The maximum absolute atomic E-state index is 11.9. The number of nitrogens with one attached hydrogen (secondary N) is 3. The molecule has 3 atom stereocenters. The zero-order valence-electron chi connectivity index (χ0n) is 10.7. The van der Waals surface area contributed by atoms with Gasteiger partial charge in [-0.15, -0.1) is 0 Å². The summed E-state index contributed by atoms with van der Waals surface area (Å²) >= 11 is 0. The van der Waals surface area contributed by atoms with Crippen molar-refractivity contribution in [1.29, 1.82) is 0 Å². The average Bonchev–Trinajstić information content (AvgIpc) is 2.33. The van der Waals surface area contributed by atoms with Gasteiger partial charge in [-0.3, -0.25) is 14.4 Å². The van der Waals surface area contributed by atoms with Crippen molar-refractivity contribution in [2.24, 2.45) is 5.92 Å². The summed E-state index contributed by atoms with van der Waals surface area (Å²) in [6, 6.07) is -2.50. The van der Waals surface area contributed by atoms with E-state index in [1.165, 1.54) is 6.92 Å². The number of aliphatic hydroxyl groups excluding tert-OH is 1. The fourth-order valence-corrected chi connectivity index (χ4v) is 1.65. The number of carbonyl (C=O) groups is 3. The number of hydrogen-bond donors (Lipinski definition) is 4. The molecule has 7 nitrogen and oxygen atoms in total. The minimum atomic E-state index is -1.03. The Hall–Kier alpha value is -1.63. The highest BCUT2D eigenvalue weighted by atomic mass is 16.3. The molecule has 1 aliphatic rings. The van der Waals surface area contributed by atoms with E-state index in [1.54, 1.807) is 13.8 Å². The molecule has 0 aliphatic carbocycles. The fraction of sp³-hybridized carbons (Fsp3) is 0.727. The summed E-state index contributed by atoms with van der Waals surface area (Å²) in [6.07, 6.45) is 0. The lowest BCUT2D eigenvalue weighted by atomic mass is 10.0. The lowest BCUT2D eigenvalue weighted by Crippen LogP contribution is -2.53. The number of carbonyl (C=O) groups excluding carboxylic acids is 3. The Kier molecular flexibility index (Phi) is 4.66. The summed E-state index contributed by atoms with van der Waals surface area (Å²) in [5.41, 5.74) is 0. The van der Waals surface area contributed by atoms with Crippen LogP contribution in [0, 0.1) is 5.92 Å². The van der Waals surface area contributed by atoms with Crippen molar-refractivity contribution in [3.63, 3.8) is 0 Å². The molecule has 0 saturated carbocycles. The van der Waals surface area contributed by atoms with Crippen LogP contribution in [0.25, 0.3) is 0 Å². The monoisotopic (exact) mass is 257 g/mol. The van der Waals surface area contributed by atoms with Crippen molar-refractivity contribution in [3.8, 4) is 0 Å². The van der Waals surface area contributed by atoms with Crippen molar-refractivity contribution in [3.05, 3.63) is 0 Å². The van der Waals surface area contributed by atoms with Crippen LogP contribution in [0.15, 0.2) is 0 Å². The van der Waals surface area contributed by atoms with Gasteiger partial charge in [-0.2, -0.15) is 0 Å². The second-order valence-electron chi connectivity index (χ2n) is 4.70. The molecule has 0 bridgehead atoms. The third kappa shape index (κ3) is 3.19. The molecular weight excluding hydrogens is 238 g/mol. The van der Waals surface area contributed by atoms with Gasteiger partial charge in [0.15, 0.2) is 0 Å². The van der Waals surface area contributed by atoms with E-state index >= 15 is 0 Å². The molecule has 0 aromatic rings. The number of aliphatic hydroxyl groups is 1. The van der Waals surface area contributed by atoms with Gasteiger partial charge < -0.3 is 21.1 Å². The molecule has 2 unspecified atom stereocenters. The zero-order valence-corrected chi connectivity index (χ0v) is 10.7. The molecule has 0 aromatic carbocycles. The first-order chi connectivity index (χ1) is 8.36. The van der Waals surface area contributed by atoms with Crippen LogP contribution in [-0.4, -0.2) is 47.6 Å². The van der Waals surface area contributed by atoms with E-state index in [9.17, 15) is 14.4 Å². The van der Waals surface area contributed by atoms with Gasteiger partial charge in [0.1, 0.15) is 18.1 Å². The number of rotatable bonds is 2. The first-order valence-electron chi connectivity index (χ1n) is 5.88. The molecule has 4 N–H and O–H groups in total. The third-order valence-corrected chi connectivity index (χ3v) is 2.81. The van der Waals surface area contributed by atoms with Crippen LogP contribution in [0.4, 0.5) is 0 Å². The molecule has 18 heavy (non-hydrogen) atoms. The third-order valence-electron chi connectivity index (χ3n) is 2.81. The normalized spacial score (nSPS) is 29.8. The summed E-state index contributed by atoms with van der Waals surface area (Å²) in [6.45, 7) is 4.59. The predicted molar refractivity (Wildman–Crippen MR) is 63.4 cm³/mol. The van der Waals surface area contributed by atoms with Gasteiger partial charge in [0, 0.05) is 0 Å². The van der Waals surface area contributed by atoms with Crippen LogP contribution in [0.2, 0.25) is 0 Å². The van der Waals surface area contributed by atoms with Crippen LogP contribution in [0.5, 0.6) is 0 Å². The van der Waals surface area contributed by atoms with Crippen LogP contribution in [-0.2, 0) is 14.4 Å². The smallest absolute Gasteiger partial charge is 0.245 e. The zero-order chi connectivity index (χ0) is 13.9. The van der Waals surface area contributed by atoms with Gasteiger partial charge in [-0.25, -0.2) is 0 Å². The summed E-state index contributed by atoms with van der Waals surface area (Å²) < 4.78 is 0. The molecule has 102 valence electrons. The van der Waals surface area contributed by atoms with Gasteiger partial charge >= 0.3 is 0 Å². The molecular formula is C11H19N3O4. The maximum atomic E-state index is 11.9. The van der Waals surface area contributed by atoms with Gasteiger partial charge in [-0.1, -0.05) is 13.8 Å². The number of hydrogen-bond acceptors (Lipinski definition) is 4. The van der Waals surface area contributed by atoms with Gasteiger partial charge in [0.2, 0.25) is 17.7 Å². The van der Waals surface area contributed by atoms with Gasteiger partial charge in [0.25, 0.3) is 0 Å². The lowest BCUT2D eigenvalue weighted by molar-refractivity contribution is -0.131. The van der Waals surface area contributed by atoms with Crippen LogP contribution >= 0.6 is 0 Å². The Bertz CT molecular complexity index is 356. The van der Waals surface area contributed by atoms with Crippen molar-refractivity contribution in [2.45, 2.75) is 38.9 Å². The van der Waals surface area contributed by atoms with E-state index in [4.69, 9.17) is 5.11 Å². The summed E-state index contributed by atoms with van der Waals surface area (Å²) in [5.74, 6) is -1.58. The molecule has 1 heterocycles. The van der Waals surface area contributed by atoms with Crippen molar-refractivity contribution >= 4 is 17.7 Å². The minimum absolute atomic E-state index is 0.117. The fourth-order valence-electron chi connectivity index (χ4n) is 1.65. The Labute approximate surface area is 105 Å². The van der Waals surface area contributed by atoms with E-state index in [0.717, 1.165) is 0 Å². The Morgan fingerprint density at radius 2 is 1.67 bits per heavy atom. The van der Waals surface area contributed by atoms with Crippen LogP contribution in [0.3, 0.4) is 0 Å². The van der Waals surface area contributed by atoms with Gasteiger partial charge in [0.05, 0.1) is 6.61 Å². The maximum Gasteiger partial charge on any atom is 0.245 e. The summed E-state index contributed by atoms with van der Waals surface area (Å²) in [7, 11) is 0. The standard InChI is InChI=1S/C11H19N3O4/c1-5(2)8-11(18)13-7(4-15)10(17)12-6(3)9(16)14-8/h5-8,15H,4H2,1-3H3,(H,12,17)(H,13,18)(H,14,16)/t6?,7?,8-/m0/s1. The molecule has 1 saturated heterocycles. The Balaban J connectivity index is 2.99. The highest BCUT2D eigenvalue weighted by molar-refractivity contribution is 5.97. The number of amides is 3. The van der Waals surface area contributed by atoms with Crippen molar-refractivity contribution in [1.82, 2.24) is 16.0 Å². The first kappa shape index (κ1) is 14.4. The summed E-state index contributed by atoms with van der Waals surface area (Å²) in [5, 5.41) is 16.5. The second kappa shape index (κ2) is 5.81. The minimum Gasteiger partial charge on any atom is -0.394 e. The molecule has 7 heteroatoms. The van der Waals surface area contributed by atoms with Crippen molar-refractivity contribution in [2.75, 3.05) is 6.61 Å².